The summed E-state index contributed by atoms with van der Waals surface area (Å²) in [7, 11) is 0. The van der Waals surface area contributed by atoms with Gasteiger partial charge in [-0.3, -0.25) is 19.1 Å². The molecular formula is C28H30FN5O2S2. The second-order valence-electron chi connectivity index (χ2n) is 9.19. The first-order chi connectivity index (χ1) is 18.3. The number of nitriles is 1. The molecule has 2 saturated heterocycles. The fourth-order valence-corrected chi connectivity index (χ4v) is 6.01. The number of halogens is 1. The first kappa shape index (κ1) is 27.6. The minimum Gasteiger partial charge on any atom is -0.368 e. The van der Waals surface area contributed by atoms with Gasteiger partial charge in [0.05, 0.1) is 4.91 Å². The van der Waals surface area contributed by atoms with Crippen molar-refractivity contribution < 1.29 is 9.18 Å². The van der Waals surface area contributed by atoms with Crippen molar-refractivity contribution >= 4 is 51.8 Å². The number of anilines is 2. The maximum absolute atomic E-state index is 13.5. The third-order valence-electron chi connectivity index (χ3n) is 6.81. The minimum atomic E-state index is -0.314. The van der Waals surface area contributed by atoms with Gasteiger partial charge >= 0.3 is 0 Å². The number of hydrogen-bond acceptors (Lipinski definition) is 7. The molecule has 38 heavy (non-hydrogen) atoms. The van der Waals surface area contributed by atoms with Gasteiger partial charge in [0.2, 0.25) is 0 Å². The van der Waals surface area contributed by atoms with E-state index in [2.05, 4.69) is 29.4 Å². The summed E-state index contributed by atoms with van der Waals surface area (Å²) in [6, 6.07) is 8.54. The Kier molecular flexibility index (Phi) is 8.69. The average molecular weight is 552 g/mol. The van der Waals surface area contributed by atoms with E-state index in [1.54, 1.807) is 35.8 Å². The molecule has 0 aliphatic carbocycles. The molecule has 3 heterocycles. The van der Waals surface area contributed by atoms with Crippen molar-refractivity contribution in [2.24, 2.45) is 0 Å². The molecule has 2 fully saturated rings. The Morgan fingerprint density at radius 2 is 1.82 bits per heavy atom. The Labute approximate surface area is 231 Å². The highest BCUT2D eigenvalue weighted by Gasteiger charge is 2.33. The monoisotopic (exact) mass is 551 g/mol. The molecule has 0 spiro atoms. The highest BCUT2D eigenvalue weighted by atomic mass is 32.2. The Bertz CT molecular complexity index is 1390. The van der Waals surface area contributed by atoms with Crippen LogP contribution in [0.4, 0.5) is 15.9 Å². The predicted octanol–water partition coefficient (Wildman–Crippen LogP) is 4.68. The maximum Gasteiger partial charge on any atom is 0.270 e. The largest absolute Gasteiger partial charge is 0.368 e. The molecule has 2 aliphatic rings. The van der Waals surface area contributed by atoms with Crippen molar-refractivity contribution in [2.75, 3.05) is 42.5 Å². The standard InChI is InChI=1S/C28H30FN5O2S2/c1-4-6-12-33-25(32-15-13-31(14-16-32)21-9-7-20(29)8-10-21)22(19(3)23(18-30)26(33)35)17-24-27(36)34(11-5-2)28(37)38-24/h5,7-10,17H,2,4,6,11-16H2,1,3H3/b24-17+. The van der Waals surface area contributed by atoms with Crippen LogP contribution < -0.4 is 15.4 Å². The van der Waals surface area contributed by atoms with E-state index in [-0.39, 0.29) is 22.8 Å². The van der Waals surface area contributed by atoms with Crippen molar-refractivity contribution in [3.63, 3.8) is 0 Å². The van der Waals surface area contributed by atoms with Gasteiger partial charge in [-0.2, -0.15) is 5.26 Å². The van der Waals surface area contributed by atoms with Gasteiger partial charge in [-0.05, 0) is 49.2 Å². The lowest BCUT2D eigenvalue weighted by Gasteiger charge is -2.39. The lowest BCUT2D eigenvalue weighted by atomic mass is 10.0. The zero-order valence-corrected chi connectivity index (χ0v) is 23.2. The van der Waals surface area contributed by atoms with Crippen molar-refractivity contribution in [3.05, 3.63) is 74.7 Å². The van der Waals surface area contributed by atoms with E-state index in [0.29, 0.717) is 65.4 Å². The Balaban J connectivity index is 1.79. The molecule has 10 heteroatoms. The summed E-state index contributed by atoms with van der Waals surface area (Å²) >= 11 is 6.63. The summed E-state index contributed by atoms with van der Waals surface area (Å²) in [5.74, 6) is 0.229. The molecule has 0 atom stereocenters. The van der Waals surface area contributed by atoms with Crippen LogP contribution in [0.2, 0.25) is 0 Å². The van der Waals surface area contributed by atoms with Gasteiger partial charge in [0.15, 0.2) is 0 Å². The van der Waals surface area contributed by atoms with E-state index < -0.39 is 0 Å². The third kappa shape index (κ3) is 5.40. The van der Waals surface area contributed by atoms with Gasteiger partial charge in [-0.1, -0.05) is 43.4 Å². The number of piperazine rings is 1. The van der Waals surface area contributed by atoms with E-state index in [9.17, 15) is 19.2 Å². The summed E-state index contributed by atoms with van der Waals surface area (Å²) in [6.07, 6.45) is 5.07. The zero-order valence-electron chi connectivity index (χ0n) is 21.6. The van der Waals surface area contributed by atoms with E-state index in [4.69, 9.17) is 12.2 Å². The predicted molar refractivity (Wildman–Crippen MR) is 156 cm³/mol. The second kappa shape index (κ2) is 12.0. The van der Waals surface area contributed by atoms with Crippen molar-refractivity contribution in [3.8, 4) is 6.07 Å². The Morgan fingerprint density at radius 3 is 2.42 bits per heavy atom. The quantitative estimate of drug-likeness (QED) is 0.268. The molecule has 0 N–H and O–H groups in total. The fraction of sp³-hybridized carbons (Fsp3) is 0.357. The number of nitrogens with zero attached hydrogens (tertiary/aromatic N) is 5. The van der Waals surface area contributed by atoms with Crippen LogP contribution >= 0.6 is 24.0 Å². The average Bonchev–Trinajstić information content (AvgIpc) is 3.18. The first-order valence-electron chi connectivity index (χ1n) is 12.6. The van der Waals surface area contributed by atoms with Gasteiger partial charge in [0, 0.05) is 50.5 Å². The molecule has 1 aromatic heterocycles. The minimum absolute atomic E-state index is 0.0858. The number of thiocarbonyl (C=S) groups is 1. The summed E-state index contributed by atoms with van der Waals surface area (Å²) < 4.78 is 15.6. The van der Waals surface area contributed by atoms with E-state index in [1.165, 1.54) is 28.8 Å². The third-order valence-corrected chi connectivity index (χ3v) is 8.19. The van der Waals surface area contributed by atoms with Crippen molar-refractivity contribution in [1.82, 2.24) is 9.47 Å². The zero-order chi connectivity index (χ0) is 27.4. The van der Waals surface area contributed by atoms with E-state index in [0.717, 1.165) is 18.5 Å². The van der Waals surface area contributed by atoms with Gasteiger partial charge in [-0.15, -0.1) is 6.58 Å². The Morgan fingerprint density at radius 1 is 1.16 bits per heavy atom. The number of unbranched alkanes of at least 4 members (excludes halogenated alkanes) is 1. The number of rotatable bonds is 8. The lowest BCUT2D eigenvalue weighted by molar-refractivity contribution is -0.121. The number of thioether (sulfide) groups is 1. The summed E-state index contributed by atoms with van der Waals surface area (Å²) in [4.78, 5) is 32.9. The normalized spacial score (nSPS) is 16.9. The molecule has 0 bridgehead atoms. The van der Waals surface area contributed by atoms with Crippen LogP contribution in [0.15, 0.2) is 46.6 Å². The molecule has 0 saturated carbocycles. The molecule has 2 aromatic rings. The van der Waals surface area contributed by atoms with Crippen LogP contribution in [-0.4, -0.2) is 52.4 Å². The van der Waals surface area contributed by atoms with Gasteiger partial charge in [0.25, 0.3) is 11.5 Å². The fourth-order valence-electron chi connectivity index (χ4n) is 4.75. The van der Waals surface area contributed by atoms with Crippen LogP contribution in [0, 0.1) is 24.1 Å². The maximum atomic E-state index is 13.5. The van der Waals surface area contributed by atoms with Crippen LogP contribution in [0.3, 0.4) is 0 Å². The summed E-state index contributed by atoms with van der Waals surface area (Å²) in [5, 5.41) is 9.88. The van der Waals surface area contributed by atoms with E-state index in [1.807, 2.05) is 0 Å². The molecular weight excluding hydrogens is 521 g/mol. The second-order valence-corrected chi connectivity index (χ2v) is 10.9. The summed E-state index contributed by atoms with van der Waals surface area (Å²) in [5.41, 5.74) is 1.95. The number of benzene rings is 1. The number of hydrogen-bond donors (Lipinski definition) is 0. The number of amides is 1. The number of aromatic nitrogens is 1. The number of pyridine rings is 1. The van der Waals surface area contributed by atoms with Gasteiger partial charge < -0.3 is 9.80 Å². The van der Waals surface area contributed by atoms with Crippen LogP contribution in [0.1, 0.15) is 36.5 Å². The number of carbonyl (C=O) groups is 1. The van der Waals surface area contributed by atoms with Crippen molar-refractivity contribution in [2.45, 2.75) is 33.2 Å². The smallest absolute Gasteiger partial charge is 0.270 e. The molecule has 2 aliphatic heterocycles. The molecule has 1 aromatic carbocycles. The SMILES string of the molecule is C=CCN1C(=O)/C(=C\c2c(C)c(C#N)c(=O)n(CCCC)c2N2CCN(c3ccc(F)cc3)CC2)SC1=S. The van der Waals surface area contributed by atoms with Crippen LogP contribution in [0.25, 0.3) is 6.08 Å². The molecule has 7 nitrogen and oxygen atoms in total. The lowest BCUT2D eigenvalue weighted by Crippen LogP contribution is -2.48. The molecule has 4 rings (SSSR count). The highest BCUT2D eigenvalue weighted by Crippen LogP contribution is 2.36. The van der Waals surface area contributed by atoms with Gasteiger partial charge in [0.1, 0.15) is 27.6 Å². The van der Waals surface area contributed by atoms with Gasteiger partial charge in [-0.25, -0.2) is 4.39 Å². The highest BCUT2D eigenvalue weighted by molar-refractivity contribution is 8.26. The van der Waals surface area contributed by atoms with Crippen LogP contribution in [0.5, 0.6) is 0 Å². The Hall–Kier alpha value is -3.42. The molecule has 0 radical (unpaired) electrons. The number of carbonyl (C=O) groups excluding carboxylic acids is 1. The molecule has 1 amide bonds. The van der Waals surface area contributed by atoms with Crippen LogP contribution in [-0.2, 0) is 11.3 Å². The topological polar surface area (TPSA) is 72.6 Å². The van der Waals surface area contributed by atoms with E-state index >= 15 is 0 Å². The molecule has 0 unspecified atom stereocenters. The van der Waals surface area contributed by atoms with Crippen molar-refractivity contribution in [1.29, 1.82) is 5.26 Å². The first-order valence-corrected chi connectivity index (χ1v) is 13.8. The molecule has 198 valence electrons. The summed E-state index contributed by atoms with van der Waals surface area (Å²) in [6.45, 7) is 10.9.